The molecule has 0 aromatic carbocycles. The van der Waals surface area contributed by atoms with Crippen molar-refractivity contribution in [1.29, 1.82) is 0 Å². The molecule has 0 aliphatic rings. The number of ether oxygens (including phenoxy) is 3. The third kappa shape index (κ3) is 51.9. The second-order valence-electron chi connectivity index (χ2n) is 18.5. The number of esters is 3. The van der Waals surface area contributed by atoms with Gasteiger partial charge in [-0.15, -0.1) is 0 Å². The van der Waals surface area contributed by atoms with E-state index >= 15 is 0 Å². The molecule has 0 aliphatic heterocycles. The van der Waals surface area contributed by atoms with E-state index in [1.54, 1.807) is 0 Å². The molecule has 0 saturated heterocycles. The molecular formula is C59H104O6. The van der Waals surface area contributed by atoms with Crippen LogP contribution in [0.5, 0.6) is 0 Å². The summed E-state index contributed by atoms with van der Waals surface area (Å²) < 4.78 is 16.8. The topological polar surface area (TPSA) is 78.9 Å². The Labute approximate surface area is 402 Å². The summed E-state index contributed by atoms with van der Waals surface area (Å²) in [6, 6.07) is 0. The van der Waals surface area contributed by atoms with Crippen molar-refractivity contribution < 1.29 is 28.6 Å². The molecule has 6 heteroatoms. The summed E-state index contributed by atoms with van der Waals surface area (Å²) in [6.45, 7) is 6.48. The summed E-state index contributed by atoms with van der Waals surface area (Å²) in [5, 5.41) is 0. The lowest BCUT2D eigenvalue weighted by atomic mass is 10.0. The van der Waals surface area contributed by atoms with Crippen molar-refractivity contribution in [2.75, 3.05) is 13.2 Å². The van der Waals surface area contributed by atoms with E-state index in [4.69, 9.17) is 14.2 Å². The molecule has 0 heterocycles. The first-order valence-corrected chi connectivity index (χ1v) is 27.8. The molecule has 0 amide bonds. The van der Waals surface area contributed by atoms with Gasteiger partial charge in [-0.25, -0.2) is 0 Å². The Hall–Kier alpha value is -2.89. The number of hydrogen-bond donors (Lipinski definition) is 0. The van der Waals surface area contributed by atoms with Gasteiger partial charge in [0.25, 0.3) is 0 Å². The molecule has 0 aromatic rings. The maximum atomic E-state index is 12.8. The lowest BCUT2D eigenvalue weighted by Gasteiger charge is -2.18. The molecule has 6 nitrogen and oxygen atoms in total. The van der Waals surface area contributed by atoms with Crippen molar-refractivity contribution in [2.45, 2.75) is 284 Å². The molecule has 1 atom stereocenters. The quantitative estimate of drug-likeness (QED) is 0.0262. The SMILES string of the molecule is CC/C=C\C/C=C\C/C=C\CCCCCC(=O)OC(COC(=O)CCCCCCCCCCC)COC(=O)CCCCCCCCCCCCCCC/C=C\C/C=C\CCCCCCC. The second kappa shape index (κ2) is 53.7. The van der Waals surface area contributed by atoms with E-state index in [1.165, 1.54) is 148 Å². The Morgan fingerprint density at radius 1 is 0.323 bits per heavy atom. The lowest BCUT2D eigenvalue weighted by Crippen LogP contribution is -2.30. The van der Waals surface area contributed by atoms with Crippen LogP contribution in [0.1, 0.15) is 278 Å². The number of allylic oxidation sites excluding steroid dienone is 10. The summed E-state index contributed by atoms with van der Waals surface area (Å²) in [7, 11) is 0. The molecule has 65 heavy (non-hydrogen) atoms. The van der Waals surface area contributed by atoms with E-state index in [-0.39, 0.29) is 31.1 Å². The number of carbonyl (C=O) groups excluding carboxylic acids is 3. The van der Waals surface area contributed by atoms with Gasteiger partial charge in [0.05, 0.1) is 0 Å². The van der Waals surface area contributed by atoms with Crippen molar-refractivity contribution in [1.82, 2.24) is 0 Å². The van der Waals surface area contributed by atoms with Gasteiger partial charge >= 0.3 is 17.9 Å². The highest BCUT2D eigenvalue weighted by atomic mass is 16.6. The molecule has 0 bridgehead atoms. The van der Waals surface area contributed by atoms with Gasteiger partial charge in [-0.3, -0.25) is 14.4 Å². The van der Waals surface area contributed by atoms with Gasteiger partial charge in [-0.05, 0) is 83.5 Å². The van der Waals surface area contributed by atoms with Crippen LogP contribution in [0.15, 0.2) is 60.8 Å². The minimum Gasteiger partial charge on any atom is -0.462 e. The van der Waals surface area contributed by atoms with Gasteiger partial charge in [0, 0.05) is 19.3 Å². The largest absolute Gasteiger partial charge is 0.462 e. The van der Waals surface area contributed by atoms with Gasteiger partial charge in [0.1, 0.15) is 13.2 Å². The van der Waals surface area contributed by atoms with Crippen LogP contribution in [0, 0.1) is 0 Å². The van der Waals surface area contributed by atoms with Crippen LogP contribution in [-0.2, 0) is 28.6 Å². The average molecular weight is 909 g/mol. The molecule has 0 aliphatic carbocycles. The fourth-order valence-electron chi connectivity index (χ4n) is 7.84. The lowest BCUT2D eigenvalue weighted by molar-refractivity contribution is -0.167. The Balaban J connectivity index is 4.19. The van der Waals surface area contributed by atoms with Crippen molar-refractivity contribution >= 4 is 17.9 Å². The van der Waals surface area contributed by atoms with Crippen molar-refractivity contribution in [3.8, 4) is 0 Å². The summed E-state index contributed by atoms with van der Waals surface area (Å²) >= 11 is 0. The molecule has 0 radical (unpaired) electrons. The highest BCUT2D eigenvalue weighted by Gasteiger charge is 2.19. The van der Waals surface area contributed by atoms with Crippen LogP contribution < -0.4 is 0 Å². The van der Waals surface area contributed by atoms with Gasteiger partial charge in [-0.2, -0.15) is 0 Å². The molecule has 0 saturated carbocycles. The zero-order chi connectivity index (χ0) is 47.2. The summed E-state index contributed by atoms with van der Waals surface area (Å²) in [6.07, 6.45) is 66.6. The maximum absolute atomic E-state index is 12.8. The van der Waals surface area contributed by atoms with Gasteiger partial charge < -0.3 is 14.2 Å². The van der Waals surface area contributed by atoms with Gasteiger partial charge in [-0.1, -0.05) is 236 Å². The minimum atomic E-state index is -0.786. The normalized spacial score (nSPS) is 12.5. The molecule has 0 N–H and O–H groups in total. The first-order chi connectivity index (χ1) is 32.0. The third-order valence-electron chi connectivity index (χ3n) is 12.0. The van der Waals surface area contributed by atoms with Crippen molar-refractivity contribution in [3.63, 3.8) is 0 Å². The summed E-state index contributed by atoms with van der Waals surface area (Å²) in [5.41, 5.74) is 0. The predicted octanol–water partition coefficient (Wildman–Crippen LogP) is 18.4. The van der Waals surface area contributed by atoms with Crippen LogP contribution in [0.4, 0.5) is 0 Å². The average Bonchev–Trinajstić information content (AvgIpc) is 3.30. The summed E-state index contributed by atoms with van der Waals surface area (Å²) in [4.78, 5) is 37.9. The van der Waals surface area contributed by atoms with Crippen molar-refractivity contribution in [3.05, 3.63) is 60.8 Å². The minimum absolute atomic E-state index is 0.0843. The Morgan fingerprint density at radius 2 is 0.600 bits per heavy atom. The zero-order valence-corrected chi connectivity index (χ0v) is 43.0. The second-order valence-corrected chi connectivity index (χ2v) is 18.5. The first-order valence-electron chi connectivity index (χ1n) is 27.8. The van der Waals surface area contributed by atoms with E-state index in [9.17, 15) is 14.4 Å². The molecule has 376 valence electrons. The Bertz CT molecular complexity index is 1180. The highest BCUT2D eigenvalue weighted by molar-refractivity contribution is 5.71. The predicted molar refractivity (Wildman–Crippen MR) is 279 cm³/mol. The smallest absolute Gasteiger partial charge is 0.306 e. The molecule has 0 aromatic heterocycles. The Kier molecular flexibility index (Phi) is 51.3. The van der Waals surface area contributed by atoms with Crippen LogP contribution in [-0.4, -0.2) is 37.2 Å². The number of carbonyl (C=O) groups is 3. The molecular weight excluding hydrogens is 805 g/mol. The summed E-state index contributed by atoms with van der Waals surface area (Å²) in [5.74, 6) is -0.911. The standard InChI is InChI=1S/C59H104O6/c1-4-7-10-13-16-19-21-23-24-25-26-27-28-29-30-31-32-33-34-36-37-40-43-46-49-52-58(61)64-55-56(54-63-57(60)51-48-45-42-39-18-15-12-9-6-3)65-59(62)53-50-47-44-41-38-35-22-20-17-14-11-8-5-2/h8,11,17,20-21,23,25-26,35,38,56H,4-7,9-10,12-16,18-19,22,24,27-34,36-37,39-55H2,1-3H3/b11-8-,20-17-,23-21-,26-25-,38-35-. The number of rotatable bonds is 50. The van der Waals surface area contributed by atoms with Crippen LogP contribution in [0.25, 0.3) is 0 Å². The monoisotopic (exact) mass is 909 g/mol. The van der Waals surface area contributed by atoms with E-state index in [2.05, 4.69) is 81.5 Å². The van der Waals surface area contributed by atoms with Crippen molar-refractivity contribution in [2.24, 2.45) is 0 Å². The van der Waals surface area contributed by atoms with E-state index < -0.39 is 6.10 Å². The molecule has 1 unspecified atom stereocenters. The van der Waals surface area contributed by atoms with Crippen LogP contribution >= 0.6 is 0 Å². The van der Waals surface area contributed by atoms with E-state index in [0.717, 1.165) is 89.9 Å². The highest BCUT2D eigenvalue weighted by Crippen LogP contribution is 2.16. The molecule has 0 spiro atoms. The molecule has 0 fully saturated rings. The zero-order valence-electron chi connectivity index (χ0n) is 43.0. The number of unbranched alkanes of at least 4 members (excludes halogenated alkanes) is 29. The first kappa shape index (κ1) is 62.1. The molecule has 0 rings (SSSR count). The van der Waals surface area contributed by atoms with Gasteiger partial charge in [0.15, 0.2) is 6.10 Å². The third-order valence-corrected chi connectivity index (χ3v) is 12.0. The Morgan fingerprint density at radius 3 is 0.954 bits per heavy atom. The maximum Gasteiger partial charge on any atom is 0.306 e. The van der Waals surface area contributed by atoms with E-state index in [0.29, 0.717) is 19.3 Å². The van der Waals surface area contributed by atoms with Crippen LogP contribution in [0.3, 0.4) is 0 Å². The number of hydrogen-bond acceptors (Lipinski definition) is 6. The van der Waals surface area contributed by atoms with E-state index in [1.807, 2.05) is 0 Å². The fourth-order valence-corrected chi connectivity index (χ4v) is 7.84. The van der Waals surface area contributed by atoms with Crippen LogP contribution in [0.2, 0.25) is 0 Å². The van der Waals surface area contributed by atoms with Gasteiger partial charge in [0.2, 0.25) is 0 Å². The fraction of sp³-hybridized carbons (Fsp3) is 0.780.